The van der Waals surface area contributed by atoms with Gasteiger partial charge in [-0.15, -0.1) is 0 Å². The molecule has 15 heavy (non-hydrogen) atoms. The number of ether oxygens (including phenoxy) is 1. The van der Waals surface area contributed by atoms with Gasteiger partial charge in [-0.3, -0.25) is 0 Å². The molecule has 0 amide bonds. The van der Waals surface area contributed by atoms with Crippen LogP contribution in [0.3, 0.4) is 0 Å². The summed E-state index contributed by atoms with van der Waals surface area (Å²) in [4.78, 5) is 0. The topological polar surface area (TPSA) is 21.3 Å². The summed E-state index contributed by atoms with van der Waals surface area (Å²) in [6.07, 6.45) is 8.03. The quantitative estimate of drug-likeness (QED) is 0.563. The van der Waals surface area contributed by atoms with E-state index < -0.39 is 0 Å². The molecule has 0 aliphatic heterocycles. The van der Waals surface area contributed by atoms with E-state index in [1.165, 1.54) is 45.1 Å². The Morgan fingerprint density at radius 1 is 1.27 bits per heavy atom. The van der Waals surface area contributed by atoms with Crippen LogP contribution in [0.5, 0.6) is 0 Å². The fourth-order valence-corrected chi connectivity index (χ4v) is 2.00. The predicted molar refractivity (Wildman–Crippen MR) is 65.1 cm³/mol. The molecule has 0 saturated heterocycles. The minimum atomic E-state index is 0.858. The van der Waals surface area contributed by atoms with Crippen molar-refractivity contribution in [3.63, 3.8) is 0 Å². The fraction of sp³-hybridized carbons (Fsp3) is 1.00. The Balaban J connectivity index is 1.99. The van der Waals surface area contributed by atoms with E-state index >= 15 is 0 Å². The molecule has 0 aromatic heterocycles. The molecule has 1 aliphatic carbocycles. The van der Waals surface area contributed by atoms with Crippen LogP contribution in [0.25, 0.3) is 0 Å². The number of hydrogen-bond donors (Lipinski definition) is 1. The molecular weight excluding hydrogens is 186 g/mol. The van der Waals surface area contributed by atoms with E-state index in [4.69, 9.17) is 4.74 Å². The van der Waals surface area contributed by atoms with Gasteiger partial charge in [-0.1, -0.05) is 13.3 Å². The second kappa shape index (κ2) is 8.12. The van der Waals surface area contributed by atoms with Crippen molar-refractivity contribution in [3.8, 4) is 0 Å². The van der Waals surface area contributed by atoms with E-state index in [2.05, 4.69) is 19.2 Å². The lowest BCUT2D eigenvalue weighted by atomic mass is 9.98. The molecular formula is C13H27NO. The molecule has 1 rings (SSSR count). The third-order valence-electron chi connectivity index (χ3n) is 3.07. The normalized spacial score (nSPS) is 18.0. The molecule has 2 heteroatoms. The van der Waals surface area contributed by atoms with Crippen LogP contribution in [0.2, 0.25) is 0 Å². The summed E-state index contributed by atoms with van der Waals surface area (Å²) in [6, 6.07) is 0.858. The minimum absolute atomic E-state index is 0.858. The van der Waals surface area contributed by atoms with E-state index in [1.54, 1.807) is 0 Å². The molecule has 1 atom stereocenters. The van der Waals surface area contributed by atoms with Crippen molar-refractivity contribution in [3.05, 3.63) is 0 Å². The van der Waals surface area contributed by atoms with Crippen LogP contribution in [0.1, 0.15) is 52.4 Å². The van der Waals surface area contributed by atoms with Gasteiger partial charge in [0.2, 0.25) is 0 Å². The van der Waals surface area contributed by atoms with Crippen LogP contribution < -0.4 is 5.32 Å². The van der Waals surface area contributed by atoms with Crippen molar-refractivity contribution < 1.29 is 4.74 Å². The zero-order valence-corrected chi connectivity index (χ0v) is 10.4. The molecule has 0 bridgehead atoms. The molecule has 0 radical (unpaired) electrons. The van der Waals surface area contributed by atoms with Gasteiger partial charge in [0.15, 0.2) is 0 Å². The highest BCUT2D eigenvalue weighted by Crippen LogP contribution is 2.20. The van der Waals surface area contributed by atoms with E-state index in [1.807, 2.05) is 0 Å². The lowest BCUT2D eigenvalue weighted by Gasteiger charge is -2.16. The average molecular weight is 213 g/mol. The number of rotatable bonds is 10. The Bertz CT molecular complexity index is 145. The summed E-state index contributed by atoms with van der Waals surface area (Å²) >= 11 is 0. The summed E-state index contributed by atoms with van der Waals surface area (Å²) < 4.78 is 5.38. The summed E-state index contributed by atoms with van der Waals surface area (Å²) in [5.41, 5.74) is 0. The summed E-state index contributed by atoms with van der Waals surface area (Å²) in [5.74, 6) is 0.871. The molecule has 0 aromatic carbocycles. The van der Waals surface area contributed by atoms with Crippen LogP contribution in [-0.4, -0.2) is 25.8 Å². The van der Waals surface area contributed by atoms with Gasteiger partial charge in [0.1, 0.15) is 0 Å². The standard InChI is InChI=1S/C13H27NO/c1-3-6-12(7-5-10-15-4-2)11-14-13-8-9-13/h12-14H,3-11H2,1-2H3. The van der Waals surface area contributed by atoms with Crippen molar-refractivity contribution in [2.45, 2.75) is 58.4 Å². The van der Waals surface area contributed by atoms with Gasteiger partial charge in [-0.25, -0.2) is 0 Å². The third kappa shape index (κ3) is 6.91. The monoisotopic (exact) mass is 213 g/mol. The Hall–Kier alpha value is -0.0800. The maximum Gasteiger partial charge on any atom is 0.0466 e. The molecule has 1 saturated carbocycles. The highest BCUT2D eigenvalue weighted by atomic mass is 16.5. The van der Waals surface area contributed by atoms with Gasteiger partial charge in [0.25, 0.3) is 0 Å². The first kappa shape index (κ1) is 13.0. The first-order valence-electron chi connectivity index (χ1n) is 6.68. The maximum absolute atomic E-state index is 5.38. The van der Waals surface area contributed by atoms with Crippen molar-refractivity contribution in [2.24, 2.45) is 5.92 Å². The molecule has 0 spiro atoms. The first-order valence-corrected chi connectivity index (χ1v) is 6.68. The van der Waals surface area contributed by atoms with Crippen molar-refractivity contribution >= 4 is 0 Å². The summed E-state index contributed by atoms with van der Waals surface area (Å²) in [6.45, 7) is 7.38. The second-order valence-electron chi connectivity index (χ2n) is 4.68. The SMILES string of the molecule is CCCC(CCCOCC)CNC1CC1. The van der Waals surface area contributed by atoms with Crippen molar-refractivity contribution in [1.29, 1.82) is 0 Å². The molecule has 2 nitrogen and oxygen atoms in total. The molecule has 90 valence electrons. The van der Waals surface area contributed by atoms with Gasteiger partial charge in [0, 0.05) is 19.3 Å². The van der Waals surface area contributed by atoms with E-state index in [9.17, 15) is 0 Å². The zero-order valence-electron chi connectivity index (χ0n) is 10.4. The van der Waals surface area contributed by atoms with Crippen LogP contribution in [0, 0.1) is 5.92 Å². The van der Waals surface area contributed by atoms with Crippen LogP contribution >= 0.6 is 0 Å². The molecule has 1 unspecified atom stereocenters. The lowest BCUT2D eigenvalue weighted by molar-refractivity contribution is 0.138. The smallest absolute Gasteiger partial charge is 0.0466 e. The van der Waals surface area contributed by atoms with E-state index in [0.717, 1.165) is 25.2 Å². The van der Waals surface area contributed by atoms with Crippen LogP contribution in [-0.2, 0) is 4.74 Å². The Labute approximate surface area is 94.8 Å². The Kier molecular flexibility index (Phi) is 7.03. The van der Waals surface area contributed by atoms with Gasteiger partial charge in [-0.2, -0.15) is 0 Å². The summed E-state index contributed by atoms with van der Waals surface area (Å²) in [7, 11) is 0. The number of nitrogens with one attached hydrogen (secondary N) is 1. The minimum Gasteiger partial charge on any atom is -0.382 e. The molecule has 0 aromatic rings. The van der Waals surface area contributed by atoms with Gasteiger partial charge in [0.05, 0.1) is 0 Å². The van der Waals surface area contributed by atoms with Crippen LogP contribution in [0.4, 0.5) is 0 Å². The van der Waals surface area contributed by atoms with E-state index in [-0.39, 0.29) is 0 Å². The Morgan fingerprint density at radius 2 is 2.07 bits per heavy atom. The van der Waals surface area contributed by atoms with Crippen LogP contribution in [0.15, 0.2) is 0 Å². The highest BCUT2D eigenvalue weighted by molar-refractivity contribution is 4.81. The van der Waals surface area contributed by atoms with E-state index in [0.29, 0.717) is 0 Å². The average Bonchev–Trinajstić information content (AvgIpc) is 3.04. The highest BCUT2D eigenvalue weighted by Gasteiger charge is 2.21. The largest absolute Gasteiger partial charge is 0.382 e. The molecule has 0 heterocycles. The van der Waals surface area contributed by atoms with Gasteiger partial charge >= 0.3 is 0 Å². The molecule has 1 aliphatic rings. The lowest BCUT2D eigenvalue weighted by Crippen LogP contribution is -2.25. The third-order valence-corrected chi connectivity index (χ3v) is 3.07. The van der Waals surface area contributed by atoms with Gasteiger partial charge < -0.3 is 10.1 Å². The van der Waals surface area contributed by atoms with Gasteiger partial charge in [-0.05, 0) is 51.5 Å². The predicted octanol–water partition coefficient (Wildman–Crippen LogP) is 2.97. The zero-order chi connectivity index (χ0) is 10.9. The first-order chi connectivity index (χ1) is 7.36. The summed E-state index contributed by atoms with van der Waals surface area (Å²) in [5, 5.41) is 3.64. The molecule has 1 fully saturated rings. The Morgan fingerprint density at radius 3 is 2.67 bits per heavy atom. The fourth-order valence-electron chi connectivity index (χ4n) is 2.00. The maximum atomic E-state index is 5.38. The molecule has 1 N–H and O–H groups in total. The van der Waals surface area contributed by atoms with Crippen molar-refractivity contribution in [2.75, 3.05) is 19.8 Å². The number of hydrogen-bond acceptors (Lipinski definition) is 2. The van der Waals surface area contributed by atoms with Crippen molar-refractivity contribution in [1.82, 2.24) is 5.32 Å². The second-order valence-corrected chi connectivity index (χ2v) is 4.68.